The third-order valence-corrected chi connectivity index (χ3v) is 7.09. The van der Waals surface area contributed by atoms with E-state index in [1.54, 1.807) is 50.6 Å². The Morgan fingerprint density at radius 3 is 2.50 bits per heavy atom. The van der Waals surface area contributed by atoms with E-state index in [0.29, 0.717) is 38.5 Å². The quantitative estimate of drug-likeness (QED) is 0.297. The van der Waals surface area contributed by atoms with Crippen molar-refractivity contribution < 1.29 is 18.7 Å². The molecule has 34 heavy (non-hydrogen) atoms. The molecular formula is C26H18ClFN2O3S. The van der Waals surface area contributed by atoms with E-state index in [1.807, 2.05) is 24.3 Å². The van der Waals surface area contributed by atoms with Crippen molar-refractivity contribution in [3.05, 3.63) is 93.7 Å². The van der Waals surface area contributed by atoms with Crippen LogP contribution in [0.3, 0.4) is 0 Å². The molecule has 0 radical (unpaired) electrons. The molecule has 0 spiro atoms. The van der Waals surface area contributed by atoms with E-state index in [1.165, 1.54) is 28.4 Å². The van der Waals surface area contributed by atoms with Crippen molar-refractivity contribution in [2.45, 2.75) is 0 Å². The van der Waals surface area contributed by atoms with E-state index < -0.39 is 5.82 Å². The number of amidine groups is 1. The van der Waals surface area contributed by atoms with E-state index in [-0.39, 0.29) is 11.6 Å². The van der Waals surface area contributed by atoms with Crippen LogP contribution in [0.1, 0.15) is 10.4 Å². The summed E-state index contributed by atoms with van der Waals surface area (Å²) in [6.07, 6.45) is 1.66. The molecule has 0 fully saturated rings. The minimum Gasteiger partial charge on any atom is -0.497 e. The highest BCUT2D eigenvalue weighted by molar-refractivity contribution is 7.21. The molecule has 1 aliphatic rings. The fourth-order valence-corrected chi connectivity index (χ4v) is 5.24. The lowest BCUT2D eigenvalue weighted by Gasteiger charge is -2.18. The molecule has 0 saturated carbocycles. The number of anilines is 1. The van der Waals surface area contributed by atoms with Crippen LogP contribution in [-0.2, 0) is 4.79 Å². The molecule has 0 aliphatic carbocycles. The first-order chi connectivity index (χ1) is 16.5. The number of aliphatic imine (C=N–C) groups is 1. The summed E-state index contributed by atoms with van der Waals surface area (Å²) in [5.74, 6) is 0.810. The van der Waals surface area contributed by atoms with Gasteiger partial charge >= 0.3 is 0 Å². The van der Waals surface area contributed by atoms with Gasteiger partial charge in [0.25, 0.3) is 5.91 Å². The van der Waals surface area contributed by atoms with Crippen molar-refractivity contribution >= 4 is 56.5 Å². The number of nitrogens with zero attached hydrogens (tertiary/aromatic N) is 2. The maximum absolute atomic E-state index is 13.6. The lowest BCUT2D eigenvalue weighted by Crippen LogP contribution is -2.32. The van der Waals surface area contributed by atoms with Gasteiger partial charge in [-0.3, -0.25) is 9.69 Å². The Labute approximate surface area is 204 Å². The second kappa shape index (κ2) is 8.93. The topological polar surface area (TPSA) is 51.1 Å². The fraction of sp³-hybridized carbons (Fsp3) is 0.0769. The molecule has 2 heterocycles. The number of hydrogen-bond acceptors (Lipinski definition) is 5. The summed E-state index contributed by atoms with van der Waals surface area (Å²) in [7, 11) is 3.11. The third kappa shape index (κ3) is 3.83. The smallest absolute Gasteiger partial charge is 0.282 e. The van der Waals surface area contributed by atoms with E-state index >= 15 is 0 Å². The van der Waals surface area contributed by atoms with Crippen LogP contribution in [0.4, 0.5) is 10.1 Å². The maximum atomic E-state index is 13.6. The van der Waals surface area contributed by atoms with Gasteiger partial charge in [-0.2, -0.15) is 0 Å². The van der Waals surface area contributed by atoms with Gasteiger partial charge in [0.1, 0.15) is 23.0 Å². The predicted molar refractivity (Wildman–Crippen MR) is 135 cm³/mol. The first-order valence-corrected chi connectivity index (χ1v) is 11.5. The molecule has 0 N–H and O–H groups in total. The second-order valence-corrected chi connectivity index (χ2v) is 8.86. The molecule has 4 aromatic rings. The number of ether oxygens (including phenoxy) is 2. The zero-order chi connectivity index (χ0) is 23.8. The number of fused-ring (bicyclic) bond motifs is 1. The van der Waals surface area contributed by atoms with E-state index in [4.69, 9.17) is 21.1 Å². The zero-order valence-corrected chi connectivity index (χ0v) is 19.8. The minimum atomic E-state index is -0.396. The average Bonchev–Trinajstić information content (AvgIpc) is 3.36. The van der Waals surface area contributed by atoms with Crippen molar-refractivity contribution in [3.8, 4) is 11.5 Å². The van der Waals surface area contributed by atoms with Gasteiger partial charge in [-0.05, 0) is 48.5 Å². The summed E-state index contributed by atoms with van der Waals surface area (Å²) in [5, 5.41) is 1.40. The van der Waals surface area contributed by atoms with Gasteiger partial charge in [0.05, 0.1) is 29.8 Å². The van der Waals surface area contributed by atoms with Gasteiger partial charge in [-0.25, -0.2) is 9.38 Å². The SMILES string of the molecule is COc1ccc(/C=C2/N=C(c3sc4ccccc4c3Cl)N(c3ccc(F)cc3)C2=O)c(OC)c1. The van der Waals surface area contributed by atoms with Crippen molar-refractivity contribution in [2.75, 3.05) is 19.1 Å². The van der Waals surface area contributed by atoms with Gasteiger partial charge < -0.3 is 9.47 Å². The maximum Gasteiger partial charge on any atom is 0.282 e. The summed E-state index contributed by atoms with van der Waals surface area (Å²) >= 11 is 8.18. The van der Waals surface area contributed by atoms with Crippen molar-refractivity contribution in [3.63, 3.8) is 0 Å². The molecule has 3 aromatic carbocycles. The van der Waals surface area contributed by atoms with Gasteiger partial charge in [-0.1, -0.05) is 29.8 Å². The predicted octanol–water partition coefficient (Wildman–Crippen LogP) is 6.55. The Morgan fingerprint density at radius 1 is 1.03 bits per heavy atom. The molecule has 0 bridgehead atoms. The largest absolute Gasteiger partial charge is 0.497 e. The molecule has 170 valence electrons. The molecule has 8 heteroatoms. The number of halogens is 2. The fourth-order valence-electron chi connectivity index (χ4n) is 3.74. The molecule has 5 rings (SSSR count). The molecule has 0 unspecified atom stereocenters. The number of hydrogen-bond donors (Lipinski definition) is 0. The van der Waals surface area contributed by atoms with Gasteiger partial charge in [0.15, 0.2) is 5.84 Å². The number of amides is 1. The van der Waals surface area contributed by atoms with Crippen LogP contribution >= 0.6 is 22.9 Å². The van der Waals surface area contributed by atoms with Crippen LogP contribution in [0.5, 0.6) is 11.5 Å². The first-order valence-electron chi connectivity index (χ1n) is 10.3. The molecule has 1 amide bonds. The zero-order valence-electron chi connectivity index (χ0n) is 18.2. The minimum absolute atomic E-state index is 0.205. The third-order valence-electron chi connectivity index (χ3n) is 5.42. The Morgan fingerprint density at radius 2 is 1.79 bits per heavy atom. The molecule has 0 saturated heterocycles. The Kier molecular flexibility index (Phi) is 5.81. The van der Waals surface area contributed by atoms with Crippen LogP contribution in [0.25, 0.3) is 16.2 Å². The van der Waals surface area contributed by atoms with Crippen molar-refractivity contribution in [1.29, 1.82) is 0 Å². The molecule has 0 atom stereocenters. The second-order valence-electron chi connectivity index (χ2n) is 7.43. The van der Waals surface area contributed by atoms with Crippen LogP contribution in [0.15, 0.2) is 77.4 Å². The van der Waals surface area contributed by atoms with Crippen molar-refractivity contribution in [1.82, 2.24) is 0 Å². The number of carbonyl (C=O) groups excluding carboxylic acids is 1. The van der Waals surface area contributed by atoms with Gasteiger partial charge in [-0.15, -0.1) is 11.3 Å². The molecule has 1 aliphatic heterocycles. The summed E-state index contributed by atoms with van der Waals surface area (Å²) in [6.45, 7) is 0. The lowest BCUT2D eigenvalue weighted by atomic mass is 10.1. The van der Waals surface area contributed by atoms with E-state index in [9.17, 15) is 9.18 Å². The van der Waals surface area contributed by atoms with Gasteiger partial charge in [0.2, 0.25) is 0 Å². The van der Waals surface area contributed by atoms with Crippen LogP contribution < -0.4 is 14.4 Å². The van der Waals surface area contributed by atoms with Crippen LogP contribution in [0, 0.1) is 5.82 Å². The monoisotopic (exact) mass is 492 g/mol. The average molecular weight is 493 g/mol. The van der Waals surface area contributed by atoms with Crippen molar-refractivity contribution in [2.24, 2.45) is 4.99 Å². The number of methoxy groups -OCH3 is 2. The van der Waals surface area contributed by atoms with E-state index in [2.05, 4.69) is 4.99 Å². The summed E-state index contributed by atoms with van der Waals surface area (Å²) in [6, 6.07) is 18.7. The molecule has 5 nitrogen and oxygen atoms in total. The first kappa shape index (κ1) is 22.1. The number of rotatable bonds is 5. The Balaban J connectivity index is 1.68. The number of thiophene rings is 1. The highest BCUT2D eigenvalue weighted by Crippen LogP contribution is 2.39. The van der Waals surface area contributed by atoms with E-state index in [0.717, 1.165) is 10.1 Å². The molecule has 1 aromatic heterocycles. The highest BCUT2D eigenvalue weighted by atomic mass is 35.5. The molecular weight excluding hydrogens is 475 g/mol. The Hall–Kier alpha value is -3.68. The van der Waals surface area contributed by atoms with Crippen LogP contribution in [0.2, 0.25) is 5.02 Å². The highest BCUT2D eigenvalue weighted by Gasteiger charge is 2.35. The summed E-state index contributed by atoms with van der Waals surface area (Å²) in [5.41, 5.74) is 1.36. The van der Waals surface area contributed by atoms with Crippen LogP contribution in [-0.4, -0.2) is 26.0 Å². The Bertz CT molecular complexity index is 1480. The lowest BCUT2D eigenvalue weighted by molar-refractivity contribution is -0.113. The van der Waals surface area contributed by atoms with Gasteiger partial charge in [0, 0.05) is 21.7 Å². The summed E-state index contributed by atoms with van der Waals surface area (Å²) in [4.78, 5) is 20.4. The number of benzene rings is 3. The normalized spacial score (nSPS) is 14.7. The number of carbonyl (C=O) groups is 1. The summed E-state index contributed by atoms with van der Waals surface area (Å²) < 4.78 is 25.3. The standard InChI is InChI=1S/C26H18ClFN2O3S/c1-32-18-12-7-15(21(14-18)33-2)13-20-26(31)30(17-10-8-16(28)9-11-17)25(29-20)24-23(27)19-5-3-4-6-22(19)34-24/h3-14H,1-2H3/b20-13+.